The molecule has 1 N–H and O–H groups in total. The van der Waals surface area contributed by atoms with Crippen LogP contribution in [0.5, 0.6) is 0 Å². The summed E-state index contributed by atoms with van der Waals surface area (Å²) in [5, 5.41) is 6.76. The standard InChI is InChI=1S/C14H15FN2O3/c1-8-11(9(2)20-17-8)7-16-13-6-10(14(18)19-3)4-5-12(13)15/h4-6,16H,7H2,1-3H3. The fraction of sp³-hybridized carbons (Fsp3) is 0.286. The van der Waals surface area contributed by atoms with E-state index in [1.54, 1.807) is 6.92 Å². The maximum absolute atomic E-state index is 13.7. The van der Waals surface area contributed by atoms with Crippen LogP contribution < -0.4 is 5.32 Å². The average molecular weight is 278 g/mol. The molecule has 0 aliphatic carbocycles. The smallest absolute Gasteiger partial charge is 0.337 e. The van der Waals surface area contributed by atoms with Crippen LogP contribution in [0.15, 0.2) is 22.7 Å². The van der Waals surface area contributed by atoms with E-state index in [1.807, 2.05) is 6.92 Å². The third kappa shape index (κ3) is 2.79. The summed E-state index contributed by atoms with van der Waals surface area (Å²) < 4.78 is 23.4. The third-order valence-corrected chi connectivity index (χ3v) is 3.02. The fourth-order valence-electron chi connectivity index (χ4n) is 1.84. The fourth-order valence-corrected chi connectivity index (χ4v) is 1.84. The molecular weight excluding hydrogens is 263 g/mol. The molecule has 0 amide bonds. The van der Waals surface area contributed by atoms with Crippen molar-refractivity contribution in [3.63, 3.8) is 0 Å². The largest absolute Gasteiger partial charge is 0.465 e. The molecule has 20 heavy (non-hydrogen) atoms. The lowest BCUT2D eigenvalue weighted by Crippen LogP contribution is -2.06. The molecule has 0 bridgehead atoms. The van der Waals surface area contributed by atoms with Gasteiger partial charge in [-0.15, -0.1) is 0 Å². The SMILES string of the molecule is COC(=O)c1ccc(F)c(NCc2c(C)noc2C)c1. The van der Waals surface area contributed by atoms with Crippen LogP contribution in [-0.2, 0) is 11.3 Å². The van der Waals surface area contributed by atoms with Crippen molar-refractivity contribution in [3.8, 4) is 0 Å². The van der Waals surface area contributed by atoms with Gasteiger partial charge in [-0.25, -0.2) is 9.18 Å². The molecule has 0 fully saturated rings. The maximum Gasteiger partial charge on any atom is 0.337 e. The van der Waals surface area contributed by atoms with Crippen molar-refractivity contribution in [1.29, 1.82) is 0 Å². The molecule has 1 heterocycles. The van der Waals surface area contributed by atoms with E-state index in [1.165, 1.54) is 25.3 Å². The number of halogens is 1. The van der Waals surface area contributed by atoms with Gasteiger partial charge in [0.25, 0.3) is 0 Å². The van der Waals surface area contributed by atoms with Crippen LogP contribution in [0.2, 0.25) is 0 Å². The van der Waals surface area contributed by atoms with E-state index < -0.39 is 11.8 Å². The second kappa shape index (κ2) is 5.73. The predicted molar refractivity (Wildman–Crippen MR) is 71.0 cm³/mol. The average Bonchev–Trinajstić information content (AvgIpc) is 2.76. The summed E-state index contributed by atoms with van der Waals surface area (Å²) in [5.74, 6) is -0.269. The second-order valence-corrected chi connectivity index (χ2v) is 4.34. The van der Waals surface area contributed by atoms with Crippen molar-refractivity contribution in [2.24, 2.45) is 0 Å². The van der Waals surface area contributed by atoms with Gasteiger partial charge in [-0.2, -0.15) is 0 Å². The Labute approximate surface area is 115 Å². The van der Waals surface area contributed by atoms with Gasteiger partial charge in [-0.1, -0.05) is 5.16 Å². The summed E-state index contributed by atoms with van der Waals surface area (Å²) in [7, 11) is 1.28. The first-order chi connectivity index (χ1) is 9.52. The summed E-state index contributed by atoms with van der Waals surface area (Å²) in [6, 6.07) is 4.02. The number of nitrogens with zero attached hydrogens (tertiary/aromatic N) is 1. The van der Waals surface area contributed by atoms with Crippen LogP contribution in [-0.4, -0.2) is 18.2 Å². The van der Waals surface area contributed by atoms with Gasteiger partial charge in [0.05, 0.1) is 24.1 Å². The van der Waals surface area contributed by atoms with Gasteiger partial charge in [-0.05, 0) is 32.0 Å². The third-order valence-electron chi connectivity index (χ3n) is 3.02. The Morgan fingerprint density at radius 3 is 2.80 bits per heavy atom. The van der Waals surface area contributed by atoms with Crippen molar-refractivity contribution in [2.45, 2.75) is 20.4 Å². The van der Waals surface area contributed by atoms with E-state index in [9.17, 15) is 9.18 Å². The molecule has 5 nitrogen and oxygen atoms in total. The number of esters is 1. The predicted octanol–water partition coefficient (Wildman–Crippen LogP) is 2.83. The number of carbonyl (C=O) groups excluding carboxylic acids is 1. The lowest BCUT2D eigenvalue weighted by Gasteiger charge is -2.09. The van der Waals surface area contributed by atoms with Gasteiger partial charge in [0, 0.05) is 12.1 Å². The lowest BCUT2D eigenvalue weighted by molar-refractivity contribution is 0.0600. The highest BCUT2D eigenvalue weighted by molar-refractivity contribution is 5.90. The quantitative estimate of drug-likeness (QED) is 0.871. The van der Waals surface area contributed by atoms with Crippen LogP contribution in [0.3, 0.4) is 0 Å². The zero-order valence-electron chi connectivity index (χ0n) is 11.5. The molecule has 0 spiro atoms. The highest BCUT2D eigenvalue weighted by atomic mass is 19.1. The molecule has 0 unspecified atom stereocenters. The topological polar surface area (TPSA) is 64.4 Å². The van der Waals surface area contributed by atoms with Gasteiger partial charge in [-0.3, -0.25) is 0 Å². The Morgan fingerprint density at radius 1 is 1.45 bits per heavy atom. The molecule has 1 aromatic carbocycles. The monoisotopic (exact) mass is 278 g/mol. The van der Waals surface area contributed by atoms with Crippen molar-refractivity contribution in [3.05, 3.63) is 46.6 Å². The molecule has 2 aromatic rings. The number of methoxy groups -OCH3 is 1. The minimum Gasteiger partial charge on any atom is -0.465 e. The van der Waals surface area contributed by atoms with Crippen LogP contribution in [0.25, 0.3) is 0 Å². The van der Waals surface area contributed by atoms with Crippen molar-refractivity contribution >= 4 is 11.7 Å². The second-order valence-electron chi connectivity index (χ2n) is 4.34. The van der Waals surface area contributed by atoms with Crippen LogP contribution in [0.4, 0.5) is 10.1 Å². The molecule has 106 valence electrons. The lowest BCUT2D eigenvalue weighted by atomic mass is 10.1. The van der Waals surface area contributed by atoms with E-state index in [0.29, 0.717) is 12.3 Å². The summed E-state index contributed by atoms with van der Waals surface area (Å²) in [6.07, 6.45) is 0. The van der Waals surface area contributed by atoms with Crippen LogP contribution in [0.1, 0.15) is 27.4 Å². The van der Waals surface area contributed by atoms with Crippen molar-refractivity contribution in [1.82, 2.24) is 5.16 Å². The molecule has 0 aliphatic heterocycles. The summed E-state index contributed by atoms with van der Waals surface area (Å²) in [6.45, 7) is 3.97. The van der Waals surface area contributed by atoms with Gasteiger partial charge >= 0.3 is 5.97 Å². The number of hydrogen-bond donors (Lipinski definition) is 1. The first kappa shape index (κ1) is 14.0. The Hall–Kier alpha value is -2.37. The van der Waals surface area contributed by atoms with Gasteiger partial charge in [0.15, 0.2) is 0 Å². The Bertz CT molecular complexity index is 618. The molecule has 0 radical (unpaired) electrons. The minimum absolute atomic E-state index is 0.230. The summed E-state index contributed by atoms with van der Waals surface area (Å²) in [5.41, 5.74) is 2.13. The van der Waals surface area contributed by atoms with E-state index in [2.05, 4.69) is 15.2 Å². The number of nitrogens with one attached hydrogen (secondary N) is 1. The van der Waals surface area contributed by atoms with Gasteiger partial charge in [0.2, 0.25) is 0 Å². The molecule has 2 rings (SSSR count). The first-order valence-electron chi connectivity index (χ1n) is 6.06. The molecule has 0 saturated heterocycles. The molecule has 6 heteroatoms. The zero-order valence-corrected chi connectivity index (χ0v) is 11.5. The maximum atomic E-state index is 13.7. The first-order valence-corrected chi connectivity index (χ1v) is 6.06. The zero-order chi connectivity index (χ0) is 14.7. The molecule has 1 aromatic heterocycles. The number of rotatable bonds is 4. The number of aromatic nitrogens is 1. The number of anilines is 1. The molecular formula is C14H15FN2O3. The summed E-state index contributed by atoms with van der Waals surface area (Å²) in [4.78, 5) is 11.4. The van der Waals surface area contributed by atoms with Crippen LogP contribution in [0, 0.1) is 19.7 Å². The number of benzene rings is 1. The Morgan fingerprint density at radius 2 is 2.20 bits per heavy atom. The highest BCUT2D eigenvalue weighted by Crippen LogP contribution is 2.19. The highest BCUT2D eigenvalue weighted by Gasteiger charge is 2.12. The molecule has 0 atom stereocenters. The van der Waals surface area contributed by atoms with Crippen molar-refractivity contribution in [2.75, 3.05) is 12.4 Å². The van der Waals surface area contributed by atoms with Crippen molar-refractivity contribution < 1.29 is 18.4 Å². The number of carbonyl (C=O) groups is 1. The summed E-state index contributed by atoms with van der Waals surface area (Å²) >= 11 is 0. The molecule has 0 aliphatic rings. The van der Waals surface area contributed by atoms with Gasteiger partial charge in [0.1, 0.15) is 11.6 Å². The molecule has 0 saturated carbocycles. The Kier molecular flexibility index (Phi) is 4.02. The van der Waals surface area contributed by atoms with E-state index in [-0.39, 0.29) is 11.3 Å². The van der Waals surface area contributed by atoms with E-state index in [4.69, 9.17) is 4.52 Å². The normalized spacial score (nSPS) is 10.4. The number of aryl methyl sites for hydroxylation is 2. The Balaban J connectivity index is 2.19. The number of ether oxygens (including phenoxy) is 1. The van der Waals surface area contributed by atoms with E-state index in [0.717, 1.165) is 11.3 Å². The number of hydrogen-bond acceptors (Lipinski definition) is 5. The minimum atomic E-state index is -0.509. The van der Waals surface area contributed by atoms with Gasteiger partial charge < -0.3 is 14.6 Å². The van der Waals surface area contributed by atoms with Crippen LogP contribution >= 0.6 is 0 Å². The van der Waals surface area contributed by atoms with E-state index >= 15 is 0 Å².